The zero-order valence-electron chi connectivity index (χ0n) is 17.4. The monoisotopic (exact) mass is 405 g/mol. The fourth-order valence-electron chi connectivity index (χ4n) is 2.65. The molecule has 0 bridgehead atoms. The molecule has 160 valence electrons. The molecular formula is C20H31N5O4. The number of hydrogen-bond acceptors (Lipinski definition) is 9. The van der Waals surface area contributed by atoms with Crippen molar-refractivity contribution in [2.24, 2.45) is 10.9 Å². The largest absolute Gasteiger partial charge is 0.493 e. The van der Waals surface area contributed by atoms with Gasteiger partial charge in [-0.2, -0.15) is 0 Å². The molecule has 6 N–H and O–H groups in total. The summed E-state index contributed by atoms with van der Waals surface area (Å²) in [5.74, 6) is 7.25. The average molecular weight is 405 g/mol. The Morgan fingerprint density at radius 1 is 1.24 bits per heavy atom. The lowest BCUT2D eigenvalue weighted by molar-refractivity contribution is 0.100. The second kappa shape index (κ2) is 11.3. The first-order valence-corrected chi connectivity index (χ1v) is 9.40. The highest BCUT2D eigenvalue weighted by Gasteiger charge is 2.16. The van der Waals surface area contributed by atoms with Crippen LogP contribution in [0.3, 0.4) is 0 Å². The minimum Gasteiger partial charge on any atom is -0.493 e. The predicted octanol–water partition coefficient (Wildman–Crippen LogP) is 0.771. The molecule has 1 aliphatic rings. The van der Waals surface area contributed by atoms with Gasteiger partial charge < -0.3 is 30.1 Å². The van der Waals surface area contributed by atoms with Crippen LogP contribution in [0.25, 0.3) is 0 Å². The molecule has 1 unspecified atom stereocenters. The van der Waals surface area contributed by atoms with E-state index in [1.807, 2.05) is 38.1 Å². The van der Waals surface area contributed by atoms with Crippen LogP contribution in [0.15, 0.2) is 46.3 Å². The van der Waals surface area contributed by atoms with Gasteiger partial charge in [0.2, 0.25) is 0 Å². The van der Waals surface area contributed by atoms with Gasteiger partial charge in [-0.05, 0) is 50.6 Å². The molecule has 1 heterocycles. The van der Waals surface area contributed by atoms with Crippen LogP contribution in [0, 0.1) is 0 Å². The summed E-state index contributed by atoms with van der Waals surface area (Å²) < 4.78 is 16.1. The second-order valence-electron chi connectivity index (χ2n) is 6.75. The van der Waals surface area contributed by atoms with E-state index >= 15 is 0 Å². The number of nitrogens with one attached hydrogen (secondary N) is 3. The summed E-state index contributed by atoms with van der Waals surface area (Å²) in [6.45, 7) is 5.11. The maximum atomic E-state index is 10.1. The quantitative estimate of drug-likeness (QED) is 0.220. The molecule has 0 saturated heterocycles. The number of allylic oxidation sites excluding steroid dienone is 2. The van der Waals surface area contributed by atoms with E-state index in [9.17, 15) is 5.11 Å². The SMILES string of the molecule is COc1ccc(CCNCC(O)COC2=NNC(=C(C)C)C=C2NN)cc1OC. The molecule has 0 aliphatic carbocycles. The van der Waals surface area contributed by atoms with Gasteiger partial charge in [0.1, 0.15) is 18.4 Å². The average Bonchev–Trinajstić information content (AvgIpc) is 2.74. The summed E-state index contributed by atoms with van der Waals surface area (Å²) in [4.78, 5) is 0. The number of rotatable bonds is 10. The zero-order valence-corrected chi connectivity index (χ0v) is 17.4. The molecule has 0 fully saturated rings. The predicted molar refractivity (Wildman–Crippen MR) is 112 cm³/mol. The molecule has 1 atom stereocenters. The van der Waals surface area contributed by atoms with Crippen molar-refractivity contribution in [3.8, 4) is 11.5 Å². The fraction of sp³-hybridized carbons (Fsp3) is 0.450. The first kappa shape index (κ1) is 22.5. The third-order valence-corrected chi connectivity index (χ3v) is 4.32. The van der Waals surface area contributed by atoms with Crippen molar-refractivity contribution in [3.05, 3.63) is 46.8 Å². The van der Waals surface area contributed by atoms with E-state index in [4.69, 9.17) is 20.1 Å². The van der Waals surface area contributed by atoms with Crippen molar-refractivity contribution in [2.45, 2.75) is 26.4 Å². The molecule has 0 radical (unpaired) electrons. The van der Waals surface area contributed by atoms with Crippen molar-refractivity contribution in [1.29, 1.82) is 0 Å². The van der Waals surface area contributed by atoms with Gasteiger partial charge >= 0.3 is 0 Å². The van der Waals surface area contributed by atoms with Gasteiger partial charge in [-0.15, -0.1) is 5.10 Å². The van der Waals surface area contributed by atoms with Gasteiger partial charge in [0, 0.05) is 6.54 Å². The van der Waals surface area contributed by atoms with Crippen LogP contribution in [0.1, 0.15) is 19.4 Å². The summed E-state index contributed by atoms with van der Waals surface area (Å²) in [5, 5.41) is 17.5. The standard InChI is InChI=1S/C20H31N5O4/c1-13(2)16-10-17(23-21)20(25-24-16)29-12-15(26)11-22-8-7-14-5-6-18(27-3)19(9-14)28-4/h5-6,9-10,15,22-24,26H,7-8,11-12,21H2,1-4H3. The second-order valence-corrected chi connectivity index (χ2v) is 6.75. The summed E-state index contributed by atoms with van der Waals surface area (Å²) in [6, 6.07) is 5.82. The van der Waals surface area contributed by atoms with Crippen molar-refractivity contribution < 1.29 is 19.3 Å². The fourth-order valence-corrected chi connectivity index (χ4v) is 2.65. The molecule has 0 amide bonds. The molecule has 9 heteroatoms. The van der Waals surface area contributed by atoms with E-state index in [1.54, 1.807) is 14.2 Å². The van der Waals surface area contributed by atoms with Gasteiger partial charge in [0.15, 0.2) is 11.5 Å². The molecule has 1 aromatic rings. The molecule has 0 saturated carbocycles. The molecule has 0 aromatic heterocycles. The maximum absolute atomic E-state index is 10.1. The first-order chi connectivity index (χ1) is 14.0. The molecule has 1 aromatic carbocycles. The van der Waals surface area contributed by atoms with Gasteiger partial charge in [-0.1, -0.05) is 11.6 Å². The van der Waals surface area contributed by atoms with Crippen molar-refractivity contribution in [1.82, 2.24) is 16.2 Å². The van der Waals surface area contributed by atoms with Crippen LogP contribution in [-0.4, -0.2) is 51.0 Å². The summed E-state index contributed by atoms with van der Waals surface area (Å²) in [6.07, 6.45) is 1.91. The highest BCUT2D eigenvalue weighted by Crippen LogP contribution is 2.27. The lowest BCUT2D eigenvalue weighted by atomic mass is 10.1. The Bertz CT molecular complexity index is 772. The Hall–Kier alpha value is -2.75. The molecule has 9 nitrogen and oxygen atoms in total. The Morgan fingerprint density at radius 3 is 2.66 bits per heavy atom. The van der Waals surface area contributed by atoms with Gasteiger partial charge in [-0.3, -0.25) is 11.3 Å². The summed E-state index contributed by atoms with van der Waals surface area (Å²) >= 11 is 0. The number of hydrazine groups is 1. The van der Waals surface area contributed by atoms with Crippen molar-refractivity contribution in [2.75, 3.05) is 33.9 Å². The number of benzene rings is 1. The number of hydrogen-bond donors (Lipinski definition) is 5. The van der Waals surface area contributed by atoms with Crippen LogP contribution in [0.2, 0.25) is 0 Å². The van der Waals surface area contributed by atoms with Crippen LogP contribution >= 0.6 is 0 Å². The minimum absolute atomic E-state index is 0.0903. The number of hydrazone groups is 1. The van der Waals surface area contributed by atoms with Crippen molar-refractivity contribution in [3.63, 3.8) is 0 Å². The number of ether oxygens (including phenoxy) is 3. The lowest BCUT2D eigenvalue weighted by Gasteiger charge is -2.20. The zero-order chi connectivity index (χ0) is 21.2. The molecule has 1 aliphatic heterocycles. The molecule has 2 rings (SSSR count). The van der Waals surface area contributed by atoms with Crippen LogP contribution in [-0.2, 0) is 11.2 Å². The third kappa shape index (κ3) is 6.67. The number of nitrogens with zero attached hydrogens (tertiary/aromatic N) is 1. The van der Waals surface area contributed by atoms with Crippen LogP contribution in [0.5, 0.6) is 11.5 Å². The van der Waals surface area contributed by atoms with E-state index in [1.165, 1.54) is 0 Å². The van der Waals surface area contributed by atoms with Crippen molar-refractivity contribution >= 4 is 5.90 Å². The Labute approximate surface area is 171 Å². The smallest absolute Gasteiger partial charge is 0.256 e. The number of methoxy groups -OCH3 is 2. The van der Waals surface area contributed by atoms with E-state index in [2.05, 4.69) is 21.3 Å². The Balaban J connectivity index is 1.73. The highest BCUT2D eigenvalue weighted by molar-refractivity contribution is 5.94. The van der Waals surface area contributed by atoms with Gasteiger partial charge in [-0.25, -0.2) is 0 Å². The Morgan fingerprint density at radius 2 is 2.00 bits per heavy atom. The molecule has 29 heavy (non-hydrogen) atoms. The first-order valence-electron chi connectivity index (χ1n) is 9.40. The summed E-state index contributed by atoms with van der Waals surface area (Å²) in [5.41, 5.74) is 9.05. The van der Waals surface area contributed by atoms with Gasteiger partial charge in [0.25, 0.3) is 5.90 Å². The Kier molecular flexibility index (Phi) is 8.78. The third-order valence-electron chi connectivity index (χ3n) is 4.32. The topological polar surface area (TPSA) is 122 Å². The lowest BCUT2D eigenvalue weighted by Crippen LogP contribution is -2.36. The molecule has 0 spiro atoms. The van der Waals surface area contributed by atoms with E-state index < -0.39 is 6.10 Å². The van der Waals surface area contributed by atoms with E-state index in [0.29, 0.717) is 36.2 Å². The van der Waals surface area contributed by atoms with Gasteiger partial charge in [0.05, 0.1) is 19.9 Å². The number of aliphatic hydroxyl groups is 1. The maximum Gasteiger partial charge on any atom is 0.256 e. The van der Waals surface area contributed by atoms with E-state index in [-0.39, 0.29) is 6.61 Å². The highest BCUT2D eigenvalue weighted by atomic mass is 16.5. The normalized spacial score (nSPS) is 14.3. The number of aliphatic hydroxyl groups excluding tert-OH is 1. The van der Waals surface area contributed by atoms with Crippen LogP contribution < -0.4 is 31.5 Å². The van der Waals surface area contributed by atoms with Crippen LogP contribution in [0.4, 0.5) is 0 Å². The summed E-state index contributed by atoms with van der Waals surface area (Å²) in [7, 11) is 3.23. The molecular weight excluding hydrogens is 374 g/mol. The van der Waals surface area contributed by atoms with E-state index in [0.717, 1.165) is 23.3 Å². The number of nitrogens with two attached hydrogens (primary N) is 1. The minimum atomic E-state index is -0.688.